The zero-order chi connectivity index (χ0) is 11.7. The van der Waals surface area contributed by atoms with Crippen LogP contribution in [-0.4, -0.2) is 10.9 Å². The molecule has 3 heteroatoms. The third-order valence-electron chi connectivity index (χ3n) is 2.75. The van der Waals surface area contributed by atoms with Gasteiger partial charge in [0.15, 0.2) is 6.29 Å². The van der Waals surface area contributed by atoms with Crippen LogP contribution in [0.2, 0.25) is 0 Å². The van der Waals surface area contributed by atoms with Crippen LogP contribution < -0.4 is 0 Å². The van der Waals surface area contributed by atoms with Gasteiger partial charge in [0, 0.05) is 17.3 Å². The van der Waals surface area contributed by atoms with Crippen LogP contribution in [0.1, 0.15) is 35.9 Å². The summed E-state index contributed by atoms with van der Waals surface area (Å²) in [7, 11) is 0. The van der Waals surface area contributed by atoms with E-state index < -0.39 is 0 Å². The minimum absolute atomic E-state index is 0.300. The van der Waals surface area contributed by atoms with E-state index in [4.69, 9.17) is 4.42 Å². The minimum atomic E-state index is 0.300. The van der Waals surface area contributed by atoms with Crippen molar-refractivity contribution >= 4 is 6.29 Å². The van der Waals surface area contributed by atoms with Gasteiger partial charge in [-0.25, -0.2) is 0 Å². The van der Waals surface area contributed by atoms with Crippen molar-refractivity contribution in [2.24, 2.45) is 0 Å². The van der Waals surface area contributed by atoms with Gasteiger partial charge in [0.05, 0.1) is 12.0 Å². The largest absolute Gasteiger partial charge is 0.463 e. The summed E-state index contributed by atoms with van der Waals surface area (Å²) in [5.74, 6) is 0.796. The Morgan fingerprint density at radius 3 is 2.69 bits per heavy atom. The first-order valence-electron chi connectivity index (χ1n) is 5.36. The van der Waals surface area contributed by atoms with Crippen LogP contribution in [0.25, 0.3) is 11.5 Å². The summed E-state index contributed by atoms with van der Waals surface area (Å²) in [5, 5.41) is 0. The van der Waals surface area contributed by atoms with E-state index in [2.05, 4.69) is 18.4 Å². The van der Waals surface area contributed by atoms with Crippen LogP contribution >= 0.6 is 0 Å². The molecule has 0 saturated heterocycles. The van der Waals surface area contributed by atoms with Crippen LogP contribution in [0.5, 0.6) is 0 Å². The maximum atomic E-state index is 10.9. The van der Waals surface area contributed by atoms with Crippen molar-refractivity contribution in [2.45, 2.75) is 26.8 Å². The highest BCUT2D eigenvalue weighted by atomic mass is 16.3. The zero-order valence-electron chi connectivity index (χ0n) is 9.73. The van der Waals surface area contributed by atoms with Crippen molar-refractivity contribution in [1.82, 2.24) is 4.57 Å². The van der Waals surface area contributed by atoms with E-state index in [-0.39, 0.29) is 0 Å². The molecule has 0 atom stereocenters. The number of carbonyl (C=O) groups excluding carboxylic acids is 1. The van der Waals surface area contributed by atoms with E-state index in [1.165, 1.54) is 0 Å². The van der Waals surface area contributed by atoms with Gasteiger partial charge in [0.1, 0.15) is 5.76 Å². The fourth-order valence-corrected chi connectivity index (χ4v) is 2.04. The van der Waals surface area contributed by atoms with Gasteiger partial charge in [-0.3, -0.25) is 4.79 Å². The molecule has 0 bridgehead atoms. The maximum Gasteiger partial charge on any atom is 0.151 e. The Labute approximate surface area is 94.7 Å². The Hall–Kier alpha value is -1.77. The predicted octanol–water partition coefficient (Wildman–Crippen LogP) is 3.45. The molecule has 0 amide bonds. The van der Waals surface area contributed by atoms with Crippen LogP contribution in [0.15, 0.2) is 28.9 Å². The Morgan fingerprint density at radius 2 is 2.19 bits per heavy atom. The van der Waals surface area contributed by atoms with Crippen LogP contribution in [0, 0.1) is 6.92 Å². The molecule has 2 heterocycles. The van der Waals surface area contributed by atoms with Crippen molar-refractivity contribution in [3.63, 3.8) is 0 Å². The third kappa shape index (κ3) is 1.58. The zero-order valence-corrected chi connectivity index (χ0v) is 9.73. The van der Waals surface area contributed by atoms with Crippen LogP contribution in [0.3, 0.4) is 0 Å². The summed E-state index contributed by atoms with van der Waals surface area (Å²) in [6.07, 6.45) is 2.53. The van der Waals surface area contributed by atoms with Crippen molar-refractivity contribution in [1.29, 1.82) is 0 Å². The van der Waals surface area contributed by atoms with E-state index in [0.29, 0.717) is 6.04 Å². The molecule has 0 fully saturated rings. The first-order chi connectivity index (χ1) is 7.65. The van der Waals surface area contributed by atoms with E-state index in [9.17, 15) is 4.79 Å². The summed E-state index contributed by atoms with van der Waals surface area (Å²) in [5.41, 5.74) is 2.66. The second kappa shape index (κ2) is 4.00. The van der Waals surface area contributed by atoms with Gasteiger partial charge in [-0.2, -0.15) is 0 Å². The summed E-state index contributed by atoms with van der Waals surface area (Å²) in [6, 6.07) is 5.93. The summed E-state index contributed by atoms with van der Waals surface area (Å²) >= 11 is 0. The fraction of sp³-hybridized carbons (Fsp3) is 0.308. The molecule has 16 heavy (non-hydrogen) atoms. The first kappa shape index (κ1) is 10.7. The maximum absolute atomic E-state index is 10.9. The average Bonchev–Trinajstić information content (AvgIpc) is 2.83. The molecule has 0 saturated carbocycles. The normalized spacial score (nSPS) is 11.0. The predicted molar refractivity (Wildman–Crippen MR) is 62.6 cm³/mol. The third-order valence-corrected chi connectivity index (χ3v) is 2.75. The molecule has 3 nitrogen and oxygen atoms in total. The Morgan fingerprint density at radius 1 is 1.44 bits per heavy atom. The number of hydrogen-bond donors (Lipinski definition) is 0. The summed E-state index contributed by atoms with van der Waals surface area (Å²) < 4.78 is 7.50. The second-order valence-corrected chi connectivity index (χ2v) is 4.13. The lowest BCUT2D eigenvalue weighted by molar-refractivity contribution is 0.112. The molecule has 0 aliphatic rings. The number of hydrogen-bond acceptors (Lipinski definition) is 2. The van der Waals surface area contributed by atoms with Crippen molar-refractivity contribution in [2.75, 3.05) is 0 Å². The highest BCUT2D eigenvalue weighted by Gasteiger charge is 2.16. The highest BCUT2D eigenvalue weighted by molar-refractivity contribution is 5.80. The fourth-order valence-electron chi connectivity index (χ4n) is 2.04. The van der Waals surface area contributed by atoms with E-state index in [0.717, 1.165) is 29.0 Å². The van der Waals surface area contributed by atoms with Crippen molar-refractivity contribution < 1.29 is 9.21 Å². The number of nitrogens with zero attached hydrogens (tertiary/aromatic N) is 1. The lowest BCUT2D eigenvalue weighted by atomic mass is 10.2. The monoisotopic (exact) mass is 217 g/mol. The molecular weight excluding hydrogens is 202 g/mol. The van der Waals surface area contributed by atoms with E-state index in [1.807, 2.05) is 25.1 Å². The quantitative estimate of drug-likeness (QED) is 0.738. The lowest BCUT2D eigenvalue weighted by Crippen LogP contribution is -2.04. The second-order valence-electron chi connectivity index (χ2n) is 4.13. The number of furan rings is 1. The van der Waals surface area contributed by atoms with Gasteiger partial charge >= 0.3 is 0 Å². The van der Waals surface area contributed by atoms with Crippen molar-refractivity contribution in [3.8, 4) is 11.5 Å². The van der Waals surface area contributed by atoms with Crippen LogP contribution in [0.4, 0.5) is 0 Å². The highest BCUT2D eigenvalue weighted by Crippen LogP contribution is 2.28. The average molecular weight is 217 g/mol. The summed E-state index contributed by atoms with van der Waals surface area (Å²) in [6.45, 7) is 6.14. The molecule has 0 aliphatic carbocycles. The molecule has 2 aromatic rings. The lowest BCUT2D eigenvalue weighted by Gasteiger charge is -2.14. The van der Waals surface area contributed by atoms with Crippen LogP contribution in [-0.2, 0) is 0 Å². The number of aldehydes is 1. The van der Waals surface area contributed by atoms with Gasteiger partial charge in [0.2, 0.25) is 0 Å². The van der Waals surface area contributed by atoms with E-state index >= 15 is 0 Å². The van der Waals surface area contributed by atoms with Gasteiger partial charge in [0.25, 0.3) is 0 Å². The molecule has 0 spiro atoms. The molecule has 84 valence electrons. The molecule has 0 radical (unpaired) electrons. The minimum Gasteiger partial charge on any atom is -0.463 e. The van der Waals surface area contributed by atoms with Gasteiger partial charge in [-0.1, -0.05) is 0 Å². The Bertz CT molecular complexity index is 492. The van der Waals surface area contributed by atoms with Crippen molar-refractivity contribution in [3.05, 3.63) is 35.7 Å². The molecule has 0 unspecified atom stereocenters. The van der Waals surface area contributed by atoms with Gasteiger partial charge in [-0.05, 0) is 39.0 Å². The standard InChI is InChI=1S/C13H15NO2/c1-9(2)14-10(3)11(8-15)7-12(14)13-5-4-6-16-13/h4-9H,1-3H3. The molecule has 2 aromatic heterocycles. The molecule has 2 rings (SSSR count). The van der Waals surface area contributed by atoms with E-state index in [1.54, 1.807) is 6.26 Å². The van der Waals surface area contributed by atoms with Gasteiger partial charge in [-0.15, -0.1) is 0 Å². The SMILES string of the molecule is Cc1c(C=O)cc(-c2ccco2)n1C(C)C. The molecule has 0 aromatic carbocycles. The molecular formula is C13H15NO2. The summed E-state index contributed by atoms with van der Waals surface area (Å²) in [4.78, 5) is 10.9. The number of rotatable bonds is 3. The molecule has 0 N–H and O–H groups in total. The molecule has 0 aliphatic heterocycles. The smallest absolute Gasteiger partial charge is 0.151 e. The number of carbonyl (C=O) groups is 1. The van der Waals surface area contributed by atoms with Gasteiger partial charge < -0.3 is 8.98 Å². The first-order valence-corrected chi connectivity index (χ1v) is 5.36. The Kier molecular flexibility index (Phi) is 2.69. The number of aromatic nitrogens is 1. The Balaban J connectivity index is 2.65. The topological polar surface area (TPSA) is 35.1 Å².